The minimum Gasteiger partial charge on any atom is -0.462 e. The number of carbonyl (C=O) groups excluding carboxylic acids is 2. The van der Waals surface area contributed by atoms with Crippen molar-refractivity contribution in [1.29, 1.82) is 0 Å². The maximum Gasteiger partial charge on any atom is 0.338 e. The molecule has 0 N–H and O–H groups in total. The van der Waals surface area contributed by atoms with Crippen LogP contribution in [0.3, 0.4) is 0 Å². The number of nitrogens with zero attached hydrogens (tertiary/aromatic N) is 3. The summed E-state index contributed by atoms with van der Waals surface area (Å²) < 4.78 is 7.68. The zero-order chi connectivity index (χ0) is 22.4. The average molecular weight is 436 g/mol. The van der Waals surface area contributed by atoms with Crippen LogP contribution in [-0.2, 0) is 11.3 Å². The number of amides is 1. The molecule has 0 bridgehead atoms. The topological polar surface area (TPSA) is 63.9 Å². The van der Waals surface area contributed by atoms with Crippen LogP contribution in [0.5, 0.6) is 0 Å². The van der Waals surface area contributed by atoms with Gasteiger partial charge in [-0.2, -0.15) is 4.99 Å². The van der Waals surface area contributed by atoms with E-state index >= 15 is 0 Å². The van der Waals surface area contributed by atoms with Gasteiger partial charge in [0.1, 0.15) is 0 Å². The van der Waals surface area contributed by atoms with Gasteiger partial charge in [-0.1, -0.05) is 17.3 Å². The Morgan fingerprint density at radius 1 is 1.10 bits per heavy atom. The molecule has 0 aliphatic heterocycles. The van der Waals surface area contributed by atoms with E-state index in [1.807, 2.05) is 12.1 Å². The summed E-state index contributed by atoms with van der Waals surface area (Å²) in [7, 11) is 0. The normalized spacial score (nSPS) is 11.4. The Balaban J connectivity index is 2.00. The zero-order valence-electron chi connectivity index (χ0n) is 17.9. The molecule has 1 amide bonds. The molecule has 1 aromatic heterocycles. The van der Waals surface area contributed by atoms with Crippen LogP contribution in [0.15, 0.2) is 47.5 Å². The van der Waals surface area contributed by atoms with Gasteiger partial charge in [-0.25, -0.2) is 4.79 Å². The molecule has 3 aromatic rings. The first-order chi connectivity index (χ1) is 15.0. The number of hydrogen-bond donors (Lipinski definition) is 0. The Morgan fingerprint density at radius 2 is 1.77 bits per heavy atom. The summed E-state index contributed by atoms with van der Waals surface area (Å²) in [4.78, 5) is 31.9. The molecule has 0 aliphatic carbocycles. The molecule has 0 saturated heterocycles. The fraction of sp³-hybridized carbons (Fsp3) is 0.292. The standard InChI is InChI=1S/C24H25N3O3S/c1-5-15-27-20-14-11-18(23(29)30-8-4)16-21(20)31-24(27)25-22(28)17-9-12-19(13-10-17)26(6-2)7-3/h1,9-14,16H,6-8,15H2,2-4H3. The van der Waals surface area contributed by atoms with E-state index in [0.29, 0.717) is 22.5 Å². The summed E-state index contributed by atoms with van der Waals surface area (Å²) in [6.07, 6.45) is 5.54. The van der Waals surface area contributed by atoms with Crippen LogP contribution in [0.1, 0.15) is 41.5 Å². The molecule has 3 rings (SSSR count). The van der Waals surface area contributed by atoms with Crippen LogP contribution in [0.4, 0.5) is 5.69 Å². The van der Waals surface area contributed by atoms with E-state index in [1.165, 1.54) is 11.3 Å². The monoisotopic (exact) mass is 435 g/mol. The van der Waals surface area contributed by atoms with E-state index in [1.54, 1.807) is 41.8 Å². The smallest absolute Gasteiger partial charge is 0.338 e. The minimum atomic E-state index is -0.385. The molecular formula is C24H25N3O3S. The Labute approximate surface area is 185 Å². The molecular weight excluding hydrogens is 410 g/mol. The molecule has 0 saturated carbocycles. The first-order valence-corrected chi connectivity index (χ1v) is 11.0. The Bertz CT molecular complexity index is 1200. The third kappa shape index (κ3) is 4.86. The highest BCUT2D eigenvalue weighted by molar-refractivity contribution is 7.16. The third-order valence-electron chi connectivity index (χ3n) is 4.88. The lowest BCUT2D eigenvalue weighted by Gasteiger charge is -2.20. The van der Waals surface area contributed by atoms with E-state index < -0.39 is 0 Å². The molecule has 0 aliphatic rings. The maximum atomic E-state index is 12.8. The van der Waals surface area contributed by atoms with Crippen molar-refractivity contribution in [3.05, 3.63) is 58.4 Å². The first kappa shape index (κ1) is 22.3. The van der Waals surface area contributed by atoms with Crippen molar-refractivity contribution < 1.29 is 14.3 Å². The van der Waals surface area contributed by atoms with E-state index in [2.05, 4.69) is 29.7 Å². The van der Waals surface area contributed by atoms with Gasteiger partial charge in [0.15, 0.2) is 4.80 Å². The molecule has 0 unspecified atom stereocenters. The van der Waals surface area contributed by atoms with Crippen molar-refractivity contribution in [2.45, 2.75) is 27.3 Å². The number of terminal acetylenes is 1. The van der Waals surface area contributed by atoms with Gasteiger partial charge in [-0.15, -0.1) is 6.42 Å². The second-order valence-electron chi connectivity index (χ2n) is 6.71. The van der Waals surface area contributed by atoms with Crippen LogP contribution in [0, 0.1) is 12.3 Å². The predicted molar refractivity (Wildman–Crippen MR) is 125 cm³/mol. The second-order valence-corrected chi connectivity index (χ2v) is 7.72. The van der Waals surface area contributed by atoms with E-state index in [-0.39, 0.29) is 18.4 Å². The van der Waals surface area contributed by atoms with Crippen LogP contribution in [0.2, 0.25) is 0 Å². The highest BCUT2D eigenvalue weighted by Crippen LogP contribution is 2.20. The number of fused-ring (bicyclic) bond motifs is 1. The van der Waals surface area contributed by atoms with E-state index in [9.17, 15) is 9.59 Å². The van der Waals surface area contributed by atoms with E-state index in [0.717, 1.165) is 29.0 Å². The van der Waals surface area contributed by atoms with Crippen molar-refractivity contribution in [2.24, 2.45) is 4.99 Å². The summed E-state index contributed by atoms with van der Waals surface area (Å²) in [6.45, 7) is 8.32. The number of ether oxygens (including phenoxy) is 1. The van der Waals surface area contributed by atoms with Crippen molar-refractivity contribution in [1.82, 2.24) is 4.57 Å². The number of aromatic nitrogens is 1. The van der Waals surface area contributed by atoms with Gasteiger partial charge >= 0.3 is 5.97 Å². The van der Waals surface area contributed by atoms with Crippen LogP contribution < -0.4 is 9.70 Å². The minimum absolute atomic E-state index is 0.270. The molecule has 0 atom stereocenters. The number of esters is 1. The lowest BCUT2D eigenvalue weighted by Crippen LogP contribution is -2.21. The third-order valence-corrected chi connectivity index (χ3v) is 5.92. The number of thiazole rings is 1. The quantitative estimate of drug-likeness (QED) is 0.414. The number of hydrogen-bond acceptors (Lipinski definition) is 5. The van der Waals surface area contributed by atoms with Crippen molar-refractivity contribution in [3.8, 4) is 12.3 Å². The largest absolute Gasteiger partial charge is 0.462 e. The number of benzene rings is 2. The van der Waals surface area contributed by atoms with Gasteiger partial charge in [0.05, 0.1) is 28.9 Å². The van der Waals surface area contributed by atoms with Gasteiger partial charge in [-0.3, -0.25) is 4.79 Å². The lowest BCUT2D eigenvalue weighted by atomic mass is 10.2. The molecule has 1 heterocycles. The van der Waals surface area contributed by atoms with Gasteiger partial charge in [0, 0.05) is 24.3 Å². The van der Waals surface area contributed by atoms with Gasteiger partial charge in [0.2, 0.25) is 0 Å². The van der Waals surface area contributed by atoms with Gasteiger partial charge < -0.3 is 14.2 Å². The molecule has 0 spiro atoms. The average Bonchev–Trinajstić information content (AvgIpc) is 3.11. The van der Waals surface area contributed by atoms with Crippen LogP contribution in [0.25, 0.3) is 10.2 Å². The predicted octanol–water partition coefficient (Wildman–Crippen LogP) is 4.10. The second kappa shape index (κ2) is 10.1. The SMILES string of the molecule is C#CCn1c(=NC(=O)c2ccc(N(CC)CC)cc2)sc2cc(C(=O)OCC)ccc21. The summed E-state index contributed by atoms with van der Waals surface area (Å²) in [5.41, 5.74) is 2.85. The van der Waals surface area contributed by atoms with E-state index in [4.69, 9.17) is 11.2 Å². The summed E-state index contributed by atoms with van der Waals surface area (Å²) in [5, 5.41) is 0. The number of anilines is 1. The summed E-state index contributed by atoms with van der Waals surface area (Å²) in [5.74, 6) is 1.88. The Morgan fingerprint density at radius 3 is 2.39 bits per heavy atom. The van der Waals surface area contributed by atoms with Crippen molar-refractivity contribution >= 4 is 39.1 Å². The summed E-state index contributed by atoms with van der Waals surface area (Å²) >= 11 is 1.32. The highest BCUT2D eigenvalue weighted by Gasteiger charge is 2.13. The number of rotatable bonds is 7. The van der Waals surface area contributed by atoms with Gasteiger partial charge in [0.25, 0.3) is 5.91 Å². The fourth-order valence-corrected chi connectivity index (χ4v) is 4.37. The number of carbonyl (C=O) groups is 2. The van der Waals surface area contributed by atoms with Gasteiger partial charge in [-0.05, 0) is 63.2 Å². The molecule has 0 radical (unpaired) electrons. The fourth-order valence-electron chi connectivity index (χ4n) is 3.30. The van der Waals surface area contributed by atoms with Crippen molar-refractivity contribution in [2.75, 3.05) is 24.6 Å². The Hall–Kier alpha value is -3.37. The maximum absolute atomic E-state index is 12.8. The summed E-state index contributed by atoms with van der Waals surface area (Å²) in [6, 6.07) is 12.7. The van der Waals surface area contributed by atoms with Crippen LogP contribution >= 0.6 is 11.3 Å². The Kier molecular flexibility index (Phi) is 7.27. The first-order valence-electron chi connectivity index (χ1n) is 10.2. The zero-order valence-corrected chi connectivity index (χ0v) is 18.7. The molecule has 31 heavy (non-hydrogen) atoms. The molecule has 0 fully saturated rings. The highest BCUT2D eigenvalue weighted by atomic mass is 32.1. The van der Waals surface area contributed by atoms with Crippen molar-refractivity contribution in [3.63, 3.8) is 0 Å². The molecule has 2 aromatic carbocycles. The molecule has 6 nitrogen and oxygen atoms in total. The molecule has 160 valence electrons. The molecule has 7 heteroatoms. The van der Waals surface area contributed by atoms with Crippen LogP contribution in [-0.4, -0.2) is 36.1 Å². The lowest BCUT2D eigenvalue weighted by molar-refractivity contribution is 0.0526.